The maximum atomic E-state index is 12.6. The molecule has 112 valence electrons. The van der Waals surface area contributed by atoms with E-state index in [2.05, 4.69) is 14.5 Å². The van der Waals surface area contributed by atoms with Gasteiger partial charge in [0.25, 0.3) is 6.43 Å². The van der Waals surface area contributed by atoms with Gasteiger partial charge in [-0.1, -0.05) is 0 Å². The van der Waals surface area contributed by atoms with Crippen molar-refractivity contribution in [1.82, 2.24) is 4.98 Å². The third kappa shape index (κ3) is 4.72. The molecule has 10 heteroatoms. The monoisotopic (exact) mass is 411 g/mol. The maximum absolute atomic E-state index is 12.6. The van der Waals surface area contributed by atoms with E-state index in [4.69, 9.17) is 0 Å². The van der Waals surface area contributed by atoms with E-state index in [0.29, 0.717) is 0 Å². The van der Waals surface area contributed by atoms with E-state index < -0.39 is 36.8 Å². The van der Waals surface area contributed by atoms with Crippen LogP contribution in [-0.2, 0) is 16.0 Å². The van der Waals surface area contributed by atoms with Crippen LogP contribution >= 0.6 is 22.6 Å². The molecule has 0 fully saturated rings. The van der Waals surface area contributed by atoms with Gasteiger partial charge in [0.2, 0.25) is 5.88 Å². The van der Waals surface area contributed by atoms with Crippen LogP contribution < -0.4 is 4.74 Å². The number of methoxy groups -OCH3 is 1. The van der Waals surface area contributed by atoms with Crippen molar-refractivity contribution in [3.8, 4) is 5.88 Å². The molecular formula is C10H7F5INO3. The van der Waals surface area contributed by atoms with E-state index in [-0.39, 0.29) is 9.13 Å². The highest BCUT2D eigenvalue weighted by Gasteiger charge is 2.34. The van der Waals surface area contributed by atoms with Crippen LogP contribution in [0.2, 0.25) is 0 Å². The zero-order chi connectivity index (χ0) is 15.5. The van der Waals surface area contributed by atoms with Crippen LogP contribution in [0.3, 0.4) is 0 Å². The quantitative estimate of drug-likeness (QED) is 0.434. The molecule has 0 unspecified atom stereocenters. The molecule has 1 heterocycles. The Bertz CT molecular complexity index is 506. The molecule has 4 nitrogen and oxygen atoms in total. The number of rotatable bonds is 4. The van der Waals surface area contributed by atoms with E-state index in [1.165, 1.54) is 22.6 Å². The number of carbonyl (C=O) groups is 1. The molecule has 0 aliphatic carbocycles. The minimum Gasteiger partial charge on any atom is -0.469 e. The number of esters is 1. The van der Waals surface area contributed by atoms with Gasteiger partial charge in [0.1, 0.15) is 5.69 Å². The number of pyridine rings is 1. The molecule has 1 rings (SSSR count). The van der Waals surface area contributed by atoms with Gasteiger partial charge in [-0.3, -0.25) is 4.79 Å². The Morgan fingerprint density at radius 1 is 1.45 bits per heavy atom. The van der Waals surface area contributed by atoms with E-state index in [1.54, 1.807) is 0 Å². The second-order valence-corrected chi connectivity index (χ2v) is 4.51. The van der Waals surface area contributed by atoms with Crippen LogP contribution in [0, 0.1) is 3.57 Å². The number of halogens is 6. The van der Waals surface area contributed by atoms with Gasteiger partial charge in [0, 0.05) is 0 Å². The summed E-state index contributed by atoms with van der Waals surface area (Å²) in [6.45, 7) is 0. The Hall–Kier alpha value is -1.20. The Morgan fingerprint density at radius 3 is 2.50 bits per heavy atom. The fraction of sp³-hybridized carbons (Fsp3) is 0.400. The predicted octanol–water partition coefficient (Wildman–Crippen LogP) is 3.24. The zero-order valence-electron chi connectivity index (χ0n) is 9.80. The summed E-state index contributed by atoms with van der Waals surface area (Å²) in [5.74, 6) is -1.80. The molecule has 0 atom stereocenters. The molecule has 0 aromatic carbocycles. The average Bonchev–Trinajstić information content (AvgIpc) is 2.31. The van der Waals surface area contributed by atoms with Crippen LogP contribution in [0.5, 0.6) is 5.88 Å². The smallest absolute Gasteiger partial charge is 0.469 e. The molecule has 0 spiro atoms. The Kier molecular flexibility index (Phi) is 5.48. The van der Waals surface area contributed by atoms with Crippen LogP contribution in [0.15, 0.2) is 6.07 Å². The number of carbonyl (C=O) groups excluding carboxylic acids is 1. The number of ether oxygens (including phenoxy) is 2. The summed E-state index contributed by atoms with van der Waals surface area (Å²) in [6.07, 6.45) is -8.64. The first-order valence-electron chi connectivity index (χ1n) is 4.94. The van der Waals surface area contributed by atoms with Gasteiger partial charge in [-0.2, -0.15) is 0 Å². The van der Waals surface area contributed by atoms with Crippen molar-refractivity contribution in [3.05, 3.63) is 20.9 Å². The van der Waals surface area contributed by atoms with Gasteiger partial charge in [0.15, 0.2) is 0 Å². The van der Waals surface area contributed by atoms with Crippen molar-refractivity contribution in [1.29, 1.82) is 0 Å². The van der Waals surface area contributed by atoms with Crippen molar-refractivity contribution in [3.63, 3.8) is 0 Å². The number of alkyl halides is 5. The predicted molar refractivity (Wildman–Crippen MR) is 64.3 cm³/mol. The SMILES string of the molecule is COC(=O)Cc1cc(C(F)F)nc(OC(F)(F)F)c1I. The van der Waals surface area contributed by atoms with Gasteiger partial charge in [0.05, 0.1) is 17.1 Å². The summed E-state index contributed by atoms with van der Waals surface area (Å²) in [4.78, 5) is 14.2. The molecule has 0 aliphatic rings. The Balaban J connectivity index is 3.25. The summed E-state index contributed by atoms with van der Waals surface area (Å²) in [5.41, 5.74) is -0.995. The second kappa shape index (κ2) is 6.50. The number of hydrogen-bond acceptors (Lipinski definition) is 4. The lowest BCUT2D eigenvalue weighted by molar-refractivity contribution is -0.276. The number of hydrogen-bond donors (Lipinski definition) is 0. The van der Waals surface area contributed by atoms with Crippen LogP contribution in [0.25, 0.3) is 0 Å². The fourth-order valence-electron chi connectivity index (χ4n) is 1.22. The number of aromatic nitrogens is 1. The maximum Gasteiger partial charge on any atom is 0.574 e. The van der Waals surface area contributed by atoms with Crippen LogP contribution in [0.4, 0.5) is 22.0 Å². The van der Waals surface area contributed by atoms with Crippen molar-refractivity contribution in [2.45, 2.75) is 19.2 Å². The van der Waals surface area contributed by atoms with Crippen molar-refractivity contribution in [2.75, 3.05) is 7.11 Å². The van der Waals surface area contributed by atoms with E-state index in [0.717, 1.165) is 13.2 Å². The Morgan fingerprint density at radius 2 is 2.05 bits per heavy atom. The van der Waals surface area contributed by atoms with Crippen molar-refractivity contribution < 1.29 is 36.2 Å². The lowest BCUT2D eigenvalue weighted by atomic mass is 10.1. The van der Waals surface area contributed by atoms with Gasteiger partial charge in [-0.05, 0) is 34.2 Å². The summed E-state index contributed by atoms with van der Waals surface area (Å²) < 4.78 is 69.4. The molecule has 0 aliphatic heterocycles. The normalized spacial score (nSPS) is 11.6. The third-order valence-electron chi connectivity index (χ3n) is 2.02. The van der Waals surface area contributed by atoms with E-state index >= 15 is 0 Å². The molecule has 0 saturated heterocycles. The van der Waals surface area contributed by atoms with Crippen LogP contribution in [0.1, 0.15) is 17.7 Å². The molecule has 0 bridgehead atoms. The summed E-state index contributed by atoms with van der Waals surface area (Å²) in [7, 11) is 1.07. The molecule has 0 radical (unpaired) electrons. The highest BCUT2D eigenvalue weighted by Crippen LogP contribution is 2.31. The lowest BCUT2D eigenvalue weighted by Gasteiger charge is -2.13. The van der Waals surface area contributed by atoms with Gasteiger partial charge in [-0.25, -0.2) is 13.8 Å². The minimum atomic E-state index is -5.07. The highest BCUT2D eigenvalue weighted by molar-refractivity contribution is 14.1. The highest BCUT2D eigenvalue weighted by atomic mass is 127. The fourth-order valence-corrected chi connectivity index (χ4v) is 1.80. The molecular weight excluding hydrogens is 404 g/mol. The summed E-state index contributed by atoms with van der Waals surface area (Å²) in [6, 6.07) is 0.840. The lowest BCUT2D eigenvalue weighted by Crippen LogP contribution is -2.20. The minimum absolute atomic E-state index is 0.0815. The number of nitrogens with zero attached hydrogens (tertiary/aromatic N) is 1. The first-order valence-corrected chi connectivity index (χ1v) is 6.02. The molecule has 1 aromatic heterocycles. The molecule has 20 heavy (non-hydrogen) atoms. The van der Waals surface area contributed by atoms with Crippen molar-refractivity contribution >= 4 is 28.6 Å². The molecule has 1 aromatic rings. The first-order chi connectivity index (χ1) is 9.14. The summed E-state index contributed by atoms with van der Waals surface area (Å²) >= 11 is 1.43. The second-order valence-electron chi connectivity index (χ2n) is 3.43. The molecule has 0 amide bonds. The van der Waals surface area contributed by atoms with Gasteiger partial charge in [-0.15, -0.1) is 13.2 Å². The topological polar surface area (TPSA) is 48.4 Å². The summed E-state index contributed by atoms with van der Waals surface area (Å²) in [5, 5.41) is 0. The van der Waals surface area contributed by atoms with E-state index in [9.17, 15) is 26.7 Å². The standard InChI is InChI=1S/C10H7F5INO3/c1-19-6(18)3-4-2-5(8(11)12)17-9(7(4)16)20-10(13,14)15/h2,8H,3H2,1H3. The molecule has 0 saturated carbocycles. The average molecular weight is 411 g/mol. The van der Waals surface area contributed by atoms with Crippen molar-refractivity contribution in [2.24, 2.45) is 0 Å². The first kappa shape index (κ1) is 16.9. The van der Waals surface area contributed by atoms with E-state index in [1.807, 2.05) is 0 Å². The molecule has 0 N–H and O–H groups in total. The van der Waals surface area contributed by atoms with Gasteiger partial charge < -0.3 is 9.47 Å². The largest absolute Gasteiger partial charge is 0.574 e. The third-order valence-corrected chi connectivity index (χ3v) is 3.18. The van der Waals surface area contributed by atoms with Crippen LogP contribution in [-0.4, -0.2) is 24.4 Å². The zero-order valence-corrected chi connectivity index (χ0v) is 12.0. The van der Waals surface area contributed by atoms with Gasteiger partial charge >= 0.3 is 12.3 Å². The Labute approximate surface area is 123 Å².